The molecule has 0 atom stereocenters. The van der Waals surface area contributed by atoms with Crippen molar-refractivity contribution in [2.24, 2.45) is 0 Å². The number of alkyl halides is 3. The molecule has 0 aliphatic heterocycles. The summed E-state index contributed by atoms with van der Waals surface area (Å²) < 4.78 is 38.7. The Hall–Kier alpha value is -2.02. The smallest absolute Gasteiger partial charge is 0.397 e. The second-order valence-electron chi connectivity index (χ2n) is 4.53. The first-order chi connectivity index (χ1) is 9.75. The van der Waals surface area contributed by atoms with Crippen molar-refractivity contribution in [1.82, 2.24) is 4.90 Å². The molecule has 1 aromatic carbocycles. The molecule has 0 aliphatic rings. The standard InChI is InChI=1S/C14H13F3N2OS/c1-3-6-19(2)13(20)12-11(18)9-7-8(14(15,16)17)4-5-10(9)21-12/h3-5,7H,1,6,18H2,2H3. The third-order valence-electron chi connectivity index (χ3n) is 3.00. The van der Waals surface area contributed by atoms with Gasteiger partial charge in [0.25, 0.3) is 5.91 Å². The van der Waals surface area contributed by atoms with Gasteiger partial charge >= 0.3 is 6.18 Å². The molecular weight excluding hydrogens is 301 g/mol. The summed E-state index contributed by atoms with van der Waals surface area (Å²) in [4.78, 5) is 13.8. The van der Waals surface area contributed by atoms with Crippen molar-refractivity contribution >= 4 is 33.0 Å². The number of hydrogen-bond donors (Lipinski definition) is 1. The first kappa shape index (κ1) is 15.4. The van der Waals surface area contributed by atoms with Crippen molar-refractivity contribution in [3.63, 3.8) is 0 Å². The minimum atomic E-state index is -4.44. The number of amides is 1. The van der Waals surface area contributed by atoms with Crippen molar-refractivity contribution in [1.29, 1.82) is 0 Å². The van der Waals surface area contributed by atoms with Gasteiger partial charge in [0.15, 0.2) is 0 Å². The summed E-state index contributed by atoms with van der Waals surface area (Å²) in [7, 11) is 1.58. The third-order valence-corrected chi connectivity index (χ3v) is 4.17. The molecule has 0 saturated carbocycles. The van der Waals surface area contributed by atoms with Crippen molar-refractivity contribution in [2.45, 2.75) is 6.18 Å². The van der Waals surface area contributed by atoms with E-state index in [1.165, 1.54) is 11.0 Å². The summed E-state index contributed by atoms with van der Waals surface area (Å²) >= 11 is 1.09. The number of anilines is 1. The van der Waals surface area contributed by atoms with Gasteiger partial charge in [-0.2, -0.15) is 13.2 Å². The Bertz CT molecular complexity index is 706. The van der Waals surface area contributed by atoms with Gasteiger partial charge in [0.1, 0.15) is 4.88 Å². The average Bonchev–Trinajstić information content (AvgIpc) is 2.74. The summed E-state index contributed by atoms with van der Waals surface area (Å²) in [5, 5.41) is 0.255. The Kier molecular flexibility index (Phi) is 3.95. The maximum absolute atomic E-state index is 12.7. The summed E-state index contributed by atoms with van der Waals surface area (Å²) in [5.74, 6) is -0.331. The number of benzene rings is 1. The lowest BCUT2D eigenvalue weighted by Crippen LogP contribution is -2.26. The fraction of sp³-hybridized carbons (Fsp3) is 0.214. The topological polar surface area (TPSA) is 46.3 Å². The molecule has 1 heterocycles. The van der Waals surface area contributed by atoms with E-state index < -0.39 is 11.7 Å². The number of thiophene rings is 1. The minimum absolute atomic E-state index is 0.0852. The highest BCUT2D eigenvalue weighted by Crippen LogP contribution is 2.38. The number of likely N-dealkylation sites (N-methyl/N-ethyl adjacent to an activating group) is 1. The second kappa shape index (κ2) is 5.40. The van der Waals surface area contributed by atoms with Crippen LogP contribution in [-0.2, 0) is 6.18 Å². The van der Waals surface area contributed by atoms with E-state index in [4.69, 9.17) is 5.73 Å². The Morgan fingerprint density at radius 2 is 2.14 bits per heavy atom. The van der Waals surface area contributed by atoms with Crippen LogP contribution in [0.15, 0.2) is 30.9 Å². The van der Waals surface area contributed by atoms with Gasteiger partial charge in [-0.25, -0.2) is 0 Å². The predicted molar refractivity (Wildman–Crippen MR) is 78.4 cm³/mol. The van der Waals surface area contributed by atoms with Gasteiger partial charge in [0.05, 0.1) is 11.3 Å². The molecule has 1 amide bonds. The molecule has 3 nitrogen and oxygen atoms in total. The number of hydrogen-bond acceptors (Lipinski definition) is 3. The highest BCUT2D eigenvalue weighted by molar-refractivity contribution is 7.21. The van der Waals surface area contributed by atoms with E-state index in [2.05, 4.69) is 6.58 Å². The number of carbonyl (C=O) groups is 1. The van der Waals surface area contributed by atoms with Crippen LogP contribution < -0.4 is 5.73 Å². The maximum Gasteiger partial charge on any atom is 0.416 e. The van der Waals surface area contributed by atoms with Gasteiger partial charge in [-0.15, -0.1) is 17.9 Å². The quantitative estimate of drug-likeness (QED) is 0.877. The summed E-state index contributed by atoms with van der Waals surface area (Å²) in [6.07, 6.45) is -2.88. The molecule has 21 heavy (non-hydrogen) atoms. The van der Waals surface area contributed by atoms with Gasteiger partial charge in [-0.3, -0.25) is 4.79 Å². The van der Waals surface area contributed by atoms with E-state index in [0.29, 0.717) is 11.2 Å². The molecule has 2 aromatic rings. The van der Waals surface area contributed by atoms with Crippen molar-refractivity contribution < 1.29 is 18.0 Å². The summed E-state index contributed by atoms with van der Waals surface area (Å²) in [6.45, 7) is 3.87. The molecule has 0 fully saturated rings. The largest absolute Gasteiger partial charge is 0.416 e. The molecule has 2 rings (SSSR count). The molecule has 0 aliphatic carbocycles. The second-order valence-corrected chi connectivity index (χ2v) is 5.58. The fourth-order valence-corrected chi connectivity index (χ4v) is 3.00. The van der Waals surface area contributed by atoms with Crippen LogP contribution >= 0.6 is 11.3 Å². The average molecular weight is 314 g/mol. The van der Waals surface area contributed by atoms with Gasteiger partial charge in [0.2, 0.25) is 0 Å². The zero-order valence-electron chi connectivity index (χ0n) is 11.2. The fourth-order valence-electron chi connectivity index (χ4n) is 1.90. The first-order valence-corrected chi connectivity index (χ1v) is 6.83. The molecule has 1 aromatic heterocycles. The third kappa shape index (κ3) is 2.87. The van der Waals surface area contributed by atoms with Gasteiger partial charge in [0, 0.05) is 23.7 Å². The SMILES string of the molecule is C=CCN(C)C(=O)c1sc2ccc(C(F)(F)F)cc2c1N. The number of fused-ring (bicyclic) bond motifs is 1. The molecular formula is C14H13F3N2OS. The van der Waals surface area contributed by atoms with Crippen LogP contribution in [-0.4, -0.2) is 24.4 Å². The van der Waals surface area contributed by atoms with E-state index in [-0.39, 0.29) is 21.9 Å². The van der Waals surface area contributed by atoms with E-state index in [1.54, 1.807) is 13.1 Å². The highest BCUT2D eigenvalue weighted by atomic mass is 32.1. The Balaban J connectivity index is 2.51. The van der Waals surface area contributed by atoms with Crippen LogP contribution in [0.2, 0.25) is 0 Å². The number of nitrogens with zero attached hydrogens (tertiary/aromatic N) is 1. The molecule has 2 N–H and O–H groups in total. The molecule has 0 saturated heterocycles. The van der Waals surface area contributed by atoms with Gasteiger partial charge < -0.3 is 10.6 Å². The van der Waals surface area contributed by atoms with Gasteiger partial charge in [-0.05, 0) is 18.2 Å². The molecule has 112 valence electrons. The Morgan fingerprint density at radius 3 is 2.71 bits per heavy atom. The number of nitrogens with two attached hydrogens (primary N) is 1. The van der Waals surface area contributed by atoms with Crippen molar-refractivity contribution in [2.75, 3.05) is 19.3 Å². The van der Waals surface area contributed by atoms with E-state index >= 15 is 0 Å². The Morgan fingerprint density at radius 1 is 1.48 bits per heavy atom. The van der Waals surface area contributed by atoms with Crippen LogP contribution in [0.3, 0.4) is 0 Å². The van der Waals surface area contributed by atoms with Crippen LogP contribution in [0.1, 0.15) is 15.2 Å². The number of carbonyl (C=O) groups excluding carboxylic acids is 1. The van der Waals surface area contributed by atoms with Crippen LogP contribution in [0.25, 0.3) is 10.1 Å². The zero-order valence-corrected chi connectivity index (χ0v) is 12.0. The normalized spacial score (nSPS) is 11.6. The lowest BCUT2D eigenvalue weighted by Gasteiger charge is -2.13. The van der Waals surface area contributed by atoms with Crippen molar-refractivity contribution in [3.05, 3.63) is 41.3 Å². The predicted octanol–water partition coefficient (Wildman–Crippen LogP) is 3.76. The number of nitrogen functional groups attached to an aromatic ring is 1. The molecule has 0 radical (unpaired) electrons. The highest BCUT2D eigenvalue weighted by Gasteiger charge is 2.31. The van der Waals surface area contributed by atoms with Gasteiger partial charge in [-0.1, -0.05) is 6.08 Å². The number of halogens is 3. The summed E-state index contributed by atoms with van der Waals surface area (Å²) in [6, 6.07) is 3.30. The van der Waals surface area contributed by atoms with Crippen LogP contribution in [0.5, 0.6) is 0 Å². The number of rotatable bonds is 3. The lowest BCUT2D eigenvalue weighted by molar-refractivity contribution is -0.137. The molecule has 0 unspecified atom stereocenters. The molecule has 0 bridgehead atoms. The Labute approximate surface area is 123 Å². The van der Waals surface area contributed by atoms with E-state index in [1.807, 2.05) is 0 Å². The lowest BCUT2D eigenvalue weighted by atomic mass is 10.1. The molecule has 0 spiro atoms. The zero-order chi connectivity index (χ0) is 15.8. The maximum atomic E-state index is 12.7. The van der Waals surface area contributed by atoms with Crippen LogP contribution in [0, 0.1) is 0 Å². The first-order valence-electron chi connectivity index (χ1n) is 6.01. The minimum Gasteiger partial charge on any atom is -0.397 e. The molecule has 7 heteroatoms. The van der Waals surface area contributed by atoms with Crippen molar-refractivity contribution in [3.8, 4) is 0 Å². The summed E-state index contributed by atoms with van der Waals surface area (Å²) in [5.41, 5.74) is 5.16. The monoisotopic (exact) mass is 314 g/mol. The van der Waals surface area contributed by atoms with E-state index in [9.17, 15) is 18.0 Å². The van der Waals surface area contributed by atoms with Crippen LogP contribution in [0.4, 0.5) is 18.9 Å². The van der Waals surface area contributed by atoms with E-state index in [0.717, 1.165) is 23.5 Å².